The standard InChI is InChI=1S/C18H17F4NO4/c1-8-10-6-11(10)12(16(24)23-14(8)7-26-17(23)25)4-9-2-3-15(13(19)5-9)27-18(20,21)22/h2-3,5,8,10-12,14H,4,6-7H2,1H3/t8?,10?,11?,12-,14-/m0/s1. The summed E-state index contributed by atoms with van der Waals surface area (Å²) in [4.78, 5) is 26.1. The zero-order valence-electron chi connectivity index (χ0n) is 14.3. The van der Waals surface area contributed by atoms with Gasteiger partial charge in [-0.05, 0) is 48.3 Å². The molecule has 2 heterocycles. The van der Waals surface area contributed by atoms with Crippen molar-refractivity contribution in [3.63, 3.8) is 0 Å². The zero-order valence-corrected chi connectivity index (χ0v) is 14.3. The van der Waals surface area contributed by atoms with Gasteiger partial charge < -0.3 is 9.47 Å². The highest BCUT2D eigenvalue weighted by molar-refractivity contribution is 5.95. The summed E-state index contributed by atoms with van der Waals surface area (Å²) in [5, 5.41) is 0. The van der Waals surface area contributed by atoms with E-state index < -0.39 is 29.9 Å². The fourth-order valence-corrected chi connectivity index (χ4v) is 4.40. The van der Waals surface area contributed by atoms with Crippen LogP contribution in [0, 0.1) is 29.5 Å². The fourth-order valence-electron chi connectivity index (χ4n) is 4.40. The Morgan fingerprint density at radius 3 is 2.67 bits per heavy atom. The third kappa shape index (κ3) is 3.23. The second kappa shape index (κ2) is 6.10. The van der Waals surface area contributed by atoms with Crippen molar-refractivity contribution in [1.82, 2.24) is 4.90 Å². The summed E-state index contributed by atoms with van der Waals surface area (Å²) < 4.78 is 59.4. The van der Waals surface area contributed by atoms with Crippen molar-refractivity contribution in [2.75, 3.05) is 6.61 Å². The smallest absolute Gasteiger partial charge is 0.447 e. The van der Waals surface area contributed by atoms with E-state index in [4.69, 9.17) is 4.74 Å². The third-order valence-corrected chi connectivity index (χ3v) is 5.83. The van der Waals surface area contributed by atoms with Crippen LogP contribution in [0.1, 0.15) is 18.9 Å². The van der Waals surface area contributed by atoms with Crippen LogP contribution in [0.15, 0.2) is 18.2 Å². The van der Waals surface area contributed by atoms with Crippen LogP contribution in [0.25, 0.3) is 0 Å². The van der Waals surface area contributed by atoms with Crippen LogP contribution < -0.4 is 4.74 Å². The van der Waals surface area contributed by atoms with Crippen LogP contribution in [-0.2, 0) is 16.0 Å². The molecule has 0 radical (unpaired) electrons. The van der Waals surface area contributed by atoms with Crippen molar-refractivity contribution in [2.24, 2.45) is 23.7 Å². The van der Waals surface area contributed by atoms with Gasteiger partial charge in [0, 0.05) is 5.92 Å². The lowest BCUT2D eigenvalue weighted by Gasteiger charge is -2.24. The molecule has 5 atom stereocenters. The van der Waals surface area contributed by atoms with Crippen molar-refractivity contribution in [2.45, 2.75) is 32.2 Å². The average Bonchev–Trinajstić information content (AvgIpc) is 3.28. The molecule has 1 saturated carbocycles. The molecule has 2 saturated heterocycles. The Morgan fingerprint density at radius 2 is 2.00 bits per heavy atom. The number of ether oxygens (including phenoxy) is 2. The minimum Gasteiger partial charge on any atom is -0.447 e. The van der Waals surface area contributed by atoms with Gasteiger partial charge in [0.2, 0.25) is 5.91 Å². The molecule has 2 amide bonds. The van der Waals surface area contributed by atoms with E-state index in [9.17, 15) is 27.2 Å². The minimum atomic E-state index is -4.98. The summed E-state index contributed by atoms with van der Waals surface area (Å²) in [5.41, 5.74) is 0.379. The zero-order chi connectivity index (χ0) is 19.5. The van der Waals surface area contributed by atoms with Gasteiger partial charge in [0.1, 0.15) is 6.61 Å². The normalized spacial score (nSPS) is 32.5. The predicted octanol–water partition coefficient (Wildman–Crippen LogP) is 3.52. The molecule has 0 aromatic heterocycles. The van der Waals surface area contributed by atoms with Crippen LogP contribution in [0.2, 0.25) is 0 Å². The number of carbonyl (C=O) groups is 2. The van der Waals surface area contributed by atoms with Crippen LogP contribution in [-0.4, -0.2) is 35.9 Å². The molecule has 5 nitrogen and oxygen atoms in total. The molecular weight excluding hydrogens is 370 g/mol. The van der Waals surface area contributed by atoms with Gasteiger partial charge in [-0.1, -0.05) is 13.0 Å². The van der Waals surface area contributed by atoms with Crippen LogP contribution in [0.5, 0.6) is 5.75 Å². The first kappa shape index (κ1) is 18.1. The van der Waals surface area contributed by atoms with E-state index in [0.29, 0.717) is 5.56 Å². The number of imide groups is 1. The lowest BCUT2D eigenvalue weighted by Crippen LogP contribution is -2.44. The number of alkyl halides is 3. The van der Waals surface area contributed by atoms with Crippen molar-refractivity contribution < 1.29 is 36.6 Å². The Bertz CT molecular complexity index is 796. The summed E-state index contributed by atoms with van der Waals surface area (Å²) in [6.45, 7) is 2.17. The number of nitrogens with zero attached hydrogens (tertiary/aromatic N) is 1. The minimum absolute atomic E-state index is 0.0834. The Balaban J connectivity index is 1.56. The number of halogens is 4. The topological polar surface area (TPSA) is 55.8 Å². The first-order valence-corrected chi connectivity index (χ1v) is 8.69. The van der Waals surface area contributed by atoms with E-state index in [-0.39, 0.29) is 42.7 Å². The molecule has 3 aliphatic rings. The highest BCUT2D eigenvalue weighted by Gasteiger charge is 2.58. The van der Waals surface area contributed by atoms with E-state index in [2.05, 4.69) is 4.74 Å². The lowest BCUT2D eigenvalue weighted by atomic mass is 9.91. The van der Waals surface area contributed by atoms with Crippen LogP contribution in [0.4, 0.5) is 22.4 Å². The number of hydrogen-bond acceptors (Lipinski definition) is 4. The molecule has 27 heavy (non-hydrogen) atoms. The number of carbonyl (C=O) groups excluding carboxylic acids is 2. The largest absolute Gasteiger partial charge is 0.573 e. The van der Waals surface area contributed by atoms with Gasteiger partial charge in [-0.25, -0.2) is 14.1 Å². The van der Waals surface area contributed by atoms with E-state index in [1.165, 1.54) is 11.0 Å². The quantitative estimate of drug-likeness (QED) is 0.745. The SMILES string of the molecule is CC1C2CC2[C@H](Cc2ccc(OC(F)(F)F)c(F)c2)C(=O)N2C(=O)OC[C@@H]12. The van der Waals surface area contributed by atoms with Gasteiger partial charge >= 0.3 is 12.5 Å². The molecule has 1 aromatic carbocycles. The molecule has 9 heteroatoms. The van der Waals surface area contributed by atoms with E-state index in [0.717, 1.165) is 18.6 Å². The predicted molar refractivity (Wildman–Crippen MR) is 83.0 cm³/mol. The summed E-state index contributed by atoms with van der Waals surface area (Å²) in [6, 6.07) is 2.87. The summed E-state index contributed by atoms with van der Waals surface area (Å²) in [7, 11) is 0. The molecule has 3 unspecified atom stereocenters. The summed E-state index contributed by atoms with van der Waals surface area (Å²) in [5.74, 6) is -2.46. The van der Waals surface area contributed by atoms with E-state index >= 15 is 0 Å². The molecule has 0 bridgehead atoms. The van der Waals surface area contributed by atoms with Gasteiger partial charge in [-0.3, -0.25) is 4.79 Å². The number of cyclic esters (lactones) is 1. The Morgan fingerprint density at radius 1 is 1.26 bits per heavy atom. The van der Waals surface area contributed by atoms with Crippen LogP contribution >= 0.6 is 0 Å². The molecular formula is C18H17F4NO4. The monoisotopic (exact) mass is 387 g/mol. The highest BCUT2D eigenvalue weighted by atomic mass is 19.4. The second-order valence-corrected chi connectivity index (χ2v) is 7.40. The molecule has 4 rings (SSSR count). The molecule has 1 aromatic rings. The van der Waals surface area contributed by atoms with Gasteiger partial charge in [0.05, 0.1) is 6.04 Å². The number of amides is 2. The van der Waals surface area contributed by atoms with Crippen molar-refractivity contribution in [1.29, 1.82) is 0 Å². The number of hydrogen-bond donors (Lipinski definition) is 0. The Kier molecular flexibility index (Phi) is 4.08. The highest BCUT2D eigenvalue weighted by Crippen LogP contribution is 2.55. The van der Waals surface area contributed by atoms with Gasteiger partial charge in [-0.2, -0.15) is 0 Å². The average molecular weight is 387 g/mol. The Hall–Kier alpha value is -2.32. The molecule has 146 valence electrons. The molecule has 0 spiro atoms. The van der Waals surface area contributed by atoms with Crippen LogP contribution in [0.3, 0.4) is 0 Å². The van der Waals surface area contributed by atoms with Gasteiger partial charge in [0.15, 0.2) is 11.6 Å². The maximum Gasteiger partial charge on any atom is 0.573 e. The van der Waals surface area contributed by atoms with Gasteiger partial charge in [-0.15, -0.1) is 13.2 Å². The van der Waals surface area contributed by atoms with Crippen molar-refractivity contribution in [3.8, 4) is 5.75 Å². The number of fused-ring (bicyclic) bond motifs is 2. The maximum absolute atomic E-state index is 14.0. The molecule has 3 fully saturated rings. The fraction of sp³-hybridized carbons (Fsp3) is 0.556. The Labute approximate surface area is 152 Å². The maximum atomic E-state index is 14.0. The first-order chi connectivity index (χ1) is 12.7. The summed E-state index contributed by atoms with van der Waals surface area (Å²) in [6.07, 6.45) is -4.66. The van der Waals surface area contributed by atoms with E-state index in [1.54, 1.807) is 0 Å². The van der Waals surface area contributed by atoms with Crippen molar-refractivity contribution in [3.05, 3.63) is 29.6 Å². The molecule has 2 aliphatic heterocycles. The summed E-state index contributed by atoms with van der Waals surface area (Å²) >= 11 is 0. The second-order valence-electron chi connectivity index (χ2n) is 7.40. The third-order valence-electron chi connectivity index (χ3n) is 5.83. The van der Waals surface area contributed by atoms with Gasteiger partial charge in [0.25, 0.3) is 0 Å². The number of rotatable bonds is 3. The molecule has 1 aliphatic carbocycles. The molecule has 0 N–H and O–H groups in total. The first-order valence-electron chi connectivity index (χ1n) is 8.69. The van der Waals surface area contributed by atoms with E-state index in [1.807, 2.05) is 6.92 Å². The lowest BCUT2D eigenvalue weighted by molar-refractivity contribution is -0.275. The van der Waals surface area contributed by atoms with Crippen molar-refractivity contribution >= 4 is 12.0 Å². The number of benzene rings is 1.